The molecule has 0 saturated carbocycles. The Hall–Kier alpha value is -0.0131. The zero-order valence-corrected chi connectivity index (χ0v) is 13.1. The minimum absolute atomic E-state index is 0.489. The van der Waals surface area contributed by atoms with Crippen LogP contribution in [0.5, 0.6) is 0 Å². The second kappa shape index (κ2) is 9.96. The van der Waals surface area contributed by atoms with Gasteiger partial charge in [0.2, 0.25) is 0 Å². The van der Waals surface area contributed by atoms with Crippen LogP contribution in [0.4, 0.5) is 0 Å². The summed E-state index contributed by atoms with van der Waals surface area (Å²) in [5.41, 5.74) is 0. The van der Waals surface area contributed by atoms with E-state index < -0.39 is 9.05 Å². The highest BCUT2D eigenvalue weighted by Crippen LogP contribution is 2.14. The van der Waals surface area contributed by atoms with Crippen molar-refractivity contribution < 1.29 is 17.7 Å². The van der Waals surface area contributed by atoms with E-state index in [9.17, 15) is 0 Å². The van der Waals surface area contributed by atoms with Gasteiger partial charge in [-0.25, -0.2) is 0 Å². The van der Waals surface area contributed by atoms with Gasteiger partial charge in [-0.1, -0.05) is 13.3 Å². The van der Waals surface area contributed by atoms with Crippen molar-refractivity contribution in [3.8, 4) is 0 Å². The van der Waals surface area contributed by atoms with Gasteiger partial charge in [0, 0.05) is 26.2 Å². The van der Waals surface area contributed by atoms with E-state index in [0.717, 1.165) is 19.3 Å². The third kappa shape index (κ3) is 7.10. The highest BCUT2D eigenvalue weighted by molar-refractivity contribution is 7.80. The van der Waals surface area contributed by atoms with Gasteiger partial charge in [-0.15, -0.1) is 0 Å². The third-order valence-corrected chi connectivity index (χ3v) is 4.80. The first-order valence-corrected chi connectivity index (χ1v) is 8.31. The van der Waals surface area contributed by atoms with Crippen LogP contribution in [0.1, 0.15) is 47.0 Å². The molecule has 0 rings (SSSR count). The van der Waals surface area contributed by atoms with Gasteiger partial charge < -0.3 is 17.7 Å². The maximum atomic E-state index is 5.67. The fraction of sp³-hybridized carbons (Fsp3) is 0.909. The number of hydrogen-bond acceptors (Lipinski definition) is 5. The van der Waals surface area contributed by atoms with Crippen LogP contribution in [-0.4, -0.2) is 33.9 Å². The lowest BCUT2D eigenvalue weighted by atomic mass is 10.3. The second-order valence-corrected chi connectivity index (χ2v) is 5.90. The molecule has 6 heteroatoms. The zero-order valence-electron chi connectivity index (χ0n) is 11.3. The molecule has 0 aliphatic rings. The molecule has 102 valence electrons. The molecule has 0 radical (unpaired) electrons. The molecule has 0 spiro atoms. The Labute approximate surface area is 111 Å². The summed E-state index contributed by atoms with van der Waals surface area (Å²) in [4.78, 5) is 0. The van der Waals surface area contributed by atoms with Gasteiger partial charge in [0.1, 0.15) is 0 Å². The van der Waals surface area contributed by atoms with Crippen molar-refractivity contribution in [2.45, 2.75) is 47.0 Å². The normalized spacial score (nSPS) is 11.5. The third-order valence-electron chi connectivity index (χ3n) is 1.94. The Bertz CT molecular complexity index is 197. The predicted octanol–water partition coefficient (Wildman–Crippen LogP) is 3.07. The summed E-state index contributed by atoms with van der Waals surface area (Å²) in [5.74, 6) is 0. The van der Waals surface area contributed by atoms with Gasteiger partial charge in [0.25, 0.3) is 0 Å². The van der Waals surface area contributed by atoms with E-state index in [-0.39, 0.29) is 0 Å². The predicted molar refractivity (Wildman–Crippen MR) is 73.8 cm³/mol. The molecule has 0 aliphatic carbocycles. The van der Waals surface area contributed by atoms with E-state index in [1.165, 1.54) is 0 Å². The minimum atomic E-state index is -3.05. The largest absolute Gasteiger partial charge is 0.750 e. The maximum Gasteiger partial charge on any atom is 0.750 e. The van der Waals surface area contributed by atoms with Crippen molar-refractivity contribution in [2.24, 2.45) is 0 Å². The smallest absolute Gasteiger partial charge is 0.474 e. The van der Waals surface area contributed by atoms with E-state index >= 15 is 0 Å². The van der Waals surface area contributed by atoms with Gasteiger partial charge in [-0.2, -0.15) is 0 Å². The second-order valence-electron chi connectivity index (χ2n) is 3.38. The average molecular weight is 280 g/mol. The molecule has 0 aromatic heterocycles. The molecule has 17 heavy (non-hydrogen) atoms. The Balaban J connectivity index is 4.46. The molecule has 0 aliphatic heterocycles. The SMILES string of the molecule is CCCCC(=S)O[Si](OCC)(OCC)OCC. The molecule has 0 aromatic carbocycles. The summed E-state index contributed by atoms with van der Waals surface area (Å²) in [5, 5.41) is 0.522. The van der Waals surface area contributed by atoms with Crippen LogP contribution in [0.15, 0.2) is 0 Å². The van der Waals surface area contributed by atoms with Gasteiger partial charge in [0.05, 0.1) is 0 Å². The van der Waals surface area contributed by atoms with Crippen molar-refractivity contribution in [3.63, 3.8) is 0 Å². The van der Waals surface area contributed by atoms with Crippen LogP contribution in [0, 0.1) is 0 Å². The first-order chi connectivity index (χ1) is 8.14. The number of unbranched alkanes of at least 4 members (excludes halogenated alkanes) is 1. The van der Waals surface area contributed by atoms with Crippen molar-refractivity contribution in [1.82, 2.24) is 0 Å². The number of thiocarbonyl (C=S) groups is 1. The molecule has 0 aromatic rings. The Morgan fingerprint density at radius 1 is 0.941 bits per heavy atom. The van der Waals surface area contributed by atoms with Gasteiger partial charge in [-0.05, 0) is 39.4 Å². The van der Waals surface area contributed by atoms with Crippen LogP contribution >= 0.6 is 12.2 Å². The lowest BCUT2D eigenvalue weighted by molar-refractivity contribution is 0.00610. The fourth-order valence-corrected chi connectivity index (χ4v) is 3.57. The van der Waals surface area contributed by atoms with Crippen LogP contribution in [0.3, 0.4) is 0 Å². The van der Waals surface area contributed by atoms with E-state index in [1.807, 2.05) is 20.8 Å². The molecule has 0 N–H and O–H groups in total. The Morgan fingerprint density at radius 3 is 1.76 bits per heavy atom. The molecule has 0 fully saturated rings. The summed E-state index contributed by atoms with van der Waals surface area (Å²) < 4.78 is 22.3. The van der Waals surface area contributed by atoms with Crippen molar-refractivity contribution in [1.29, 1.82) is 0 Å². The first kappa shape index (κ1) is 17.0. The van der Waals surface area contributed by atoms with E-state index in [2.05, 4.69) is 6.92 Å². The molecule has 0 amide bonds. The van der Waals surface area contributed by atoms with E-state index in [4.69, 9.17) is 29.9 Å². The minimum Gasteiger partial charge on any atom is -0.474 e. The summed E-state index contributed by atoms with van der Waals surface area (Å²) in [6, 6.07) is 0. The molecule has 0 atom stereocenters. The van der Waals surface area contributed by atoms with Crippen LogP contribution in [0.25, 0.3) is 0 Å². The number of rotatable bonds is 10. The van der Waals surface area contributed by atoms with Crippen LogP contribution in [0.2, 0.25) is 0 Å². The number of hydrogen-bond donors (Lipinski definition) is 0. The van der Waals surface area contributed by atoms with Gasteiger partial charge in [0.15, 0.2) is 5.05 Å². The molecule has 0 saturated heterocycles. The summed E-state index contributed by atoms with van der Waals surface area (Å²) in [6.07, 6.45) is 2.83. The fourth-order valence-electron chi connectivity index (χ4n) is 1.26. The Morgan fingerprint density at radius 2 is 1.41 bits per heavy atom. The molecule has 4 nitrogen and oxygen atoms in total. The molecule has 0 bridgehead atoms. The topological polar surface area (TPSA) is 36.9 Å². The zero-order chi connectivity index (χ0) is 13.1. The molecular weight excluding hydrogens is 256 g/mol. The maximum absolute atomic E-state index is 5.67. The van der Waals surface area contributed by atoms with Crippen molar-refractivity contribution in [3.05, 3.63) is 0 Å². The highest BCUT2D eigenvalue weighted by atomic mass is 32.1. The molecule has 0 unspecified atom stereocenters. The van der Waals surface area contributed by atoms with Gasteiger partial charge in [-0.3, -0.25) is 0 Å². The standard InChI is InChI=1S/C11H24O4SSi/c1-5-9-10-11(16)15-17(12-6-2,13-7-3)14-8-4/h5-10H2,1-4H3. The summed E-state index contributed by atoms with van der Waals surface area (Å²) in [6.45, 7) is 9.24. The lowest BCUT2D eigenvalue weighted by Crippen LogP contribution is -2.50. The molecular formula is C11H24O4SSi. The van der Waals surface area contributed by atoms with Crippen molar-refractivity contribution >= 4 is 26.3 Å². The first-order valence-electron chi connectivity index (χ1n) is 6.27. The van der Waals surface area contributed by atoms with E-state index in [1.54, 1.807) is 0 Å². The average Bonchev–Trinajstić information content (AvgIpc) is 2.27. The van der Waals surface area contributed by atoms with Crippen molar-refractivity contribution in [2.75, 3.05) is 19.8 Å². The molecule has 0 heterocycles. The summed E-state index contributed by atoms with van der Waals surface area (Å²) in [7, 11) is -3.05. The Kier molecular flexibility index (Phi) is 9.95. The van der Waals surface area contributed by atoms with Crippen LogP contribution < -0.4 is 0 Å². The van der Waals surface area contributed by atoms with Crippen LogP contribution in [-0.2, 0) is 17.7 Å². The lowest BCUT2D eigenvalue weighted by Gasteiger charge is -2.27. The van der Waals surface area contributed by atoms with Gasteiger partial charge >= 0.3 is 9.05 Å². The highest BCUT2D eigenvalue weighted by Gasteiger charge is 2.48. The van der Waals surface area contributed by atoms with E-state index in [0.29, 0.717) is 24.9 Å². The quantitative estimate of drug-likeness (QED) is 0.454. The monoisotopic (exact) mass is 280 g/mol. The summed E-state index contributed by atoms with van der Waals surface area (Å²) >= 11 is 5.18.